The molecule has 0 radical (unpaired) electrons. The standard InChI is InChI=1S/C19H25N3O2S/c1-13-7-8-17-20-15(9-19(24)22(17)10-13)11-25-12-18(23)21-16-6-4-3-5-14(16)2/h7-10,14,16H,3-6,11-12H2,1-2H3,(H,21,23)/t14-,16-/m1/s1. The van der Waals surface area contributed by atoms with Crippen molar-refractivity contribution in [2.75, 3.05) is 5.75 Å². The van der Waals surface area contributed by atoms with Crippen LogP contribution in [0.1, 0.15) is 43.9 Å². The molecule has 2 aromatic rings. The number of hydrogen-bond acceptors (Lipinski definition) is 4. The molecular weight excluding hydrogens is 334 g/mol. The van der Waals surface area contributed by atoms with E-state index in [4.69, 9.17) is 0 Å². The lowest BCUT2D eigenvalue weighted by Gasteiger charge is -2.29. The molecule has 0 unspecified atom stereocenters. The number of thioether (sulfide) groups is 1. The Morgan fingerprint density at radius 3 is 2.96 bits per heavy atom. The van der Waals surface area contributed by atoms with Crippen LogP contribution in [0.2, 0.25) is 0 Å². The van der Waals surface area contributed by atoms with Gasteiger partial charge in [-0.1, -0.05) is 25.8 Å². The summed E-state index contributed by atoms with van der Waals surface area (Å²) in [5.74, 6) is 1.61. The van der Waals surface area contributed by atoms with E-state index in [0.29, 0.717) is 29.1 Å². The molecule has 0 aromatic carbocycles. The first-order valence-electron chi connectivity index (χ1n) is 8.89. The molecule has 0 bridgehead atoms. The van der Waals surface area contributed by atoms with Crippen molar-refractivity contribution in [1.29, 1.82) is 0 Å². The summed E-state index contributed by atoms with van der Waals surface area (Å²) < 4.78 is 1.56. The Hall–Kier alpha value is -1.82. The molecule has 2 atom stereocenters. The van der Waals surface area contributed by atoms with Gasteiger partial charge in [0.25, 0.3) is 5.56 Å². The van der Waals surface area contributed by atoms with Gasteiger partial charge >= 0.3 is 0 Å². The van der Waals surface area contributed by atoms with Gasteiger partial charge in [0.1, 0.15) is 5.65 Å². The average Bonchev–Trinajstić information content (AvgIpc) is 2.58. The van der Waals surface area contributed by atoms with Crippen molar-refractivity contribution < 1.29 is 4.79 Å². The Morgan fingerprint density at radius 2 is 2.16 bits per heavy atom. The molecule has 1 N–H and O–H groups in total. The summed E-state index contributed by atoms with van der Waals surface area (Å²) in [5.41, 5.74) is 2.31. The first kappa shape index (κ1) is 18.0. The fraction of sp³-hybridized carbons (Fsp3) is 0.526. The molecule has 5 nitrogen and oxygen atoms in total. The molecule has 2 heterocycles. The van der Waals surface area contributed by atoms with Gasteiger partial charge in [-0.15, -0.1) is 11.8 Å². The highest BCUT2D eigenvalue weighted by Crippen LogP contribution is 2.23. The van der Waals surface area contributed by atoms with E-state index in [2.05, 4.69) is 17.2 Å². The molecule has 3 rings (SSSR count). The van der Waals surface area contributed by atoms with E-state index >= 15 is 0 Å². The first-order chi connectivity index (χ1) is 12.0. The summed E-state index contributed by atoms with van der Waals surface area (Å²) in [5, 5.41) is 3.16. The number of rotatable bonds is 5. The molecule has 6 heteroatoms. The highest BCUT2D eigenvalue weighted by molar-refractivity contribution is 7.99. The van der Waals surface area contributed by atoms with Crippen LogP contribution in [0.3, 0.4) is 0 Å². The predicted molar refractivity (Wildman–Crippen MR) is 102 cm³/mol. The van der Waals surface area contributed by atoms with Crippen LogP contribution in [0.4, 0.5) is 0 Å². The molecule has 1 saturated carbocycles. The van der Waals surface area contributed by atoms with Crippen molar-refractivity contribution in [2.45, 2.75) is 51.3 Å². The third kappa shape index (κ3) is 4.63. The van der Waals surface area contributed by atoms with Crippen molar-refractivity contribution in [2.24, 2.45) is 5.92 Å². The van der Waals surface area contributed by atoms with E-state index in [1.807, 2.05) is 19.1 Å². The Morgan fingerprint density at radius 1 is 1.36 bits per heavy atom. The maximum Gasteiger partial charge on any atom is 0.258 e. The fourth-order valence-electron chi connectivity index (χ4n) is 3.36. The summed E-state index contributed by atoms with van der Waals surface area (Å²) in [4.78, 5) is 28.8. The lowest BCUT2D eigenvalue weighted by atomic mass is 9.86. The molecule has 1 aliphatic carbocycles. The quantitative estimate of drug-likeness (QED) is 0.891. The number of aromatic nitrogens is 2. The smallest absolute Gasteiger partial charge is 0.258 e. The molecule has 1 fully saturated rings. The second-order valence-corrected chi connectivity index (χ2v) is 7.93. The number of nitrogens with zero attached hydrogens (tertiary/aromatic N) is 2. The second kappa shape index (κ2) is 8.04. The molecule has 0 aliphatic heterocycles. The topological polar surface area (TPSA) is 63.5 Å². The highest BCUT2D eigenvalue weighted by atomic mass is 32.2. The average molecular weight is 359 g/mol. The minimum absolute atomic E-state index is 0.0789. The van der Waals surface area contributed by atoms with Crippen molar-refractivity contribution in [3.05, 3.63) is 46.0 Å². The van der Waals surface area contributed by atoms with Gasteiger partial charge in [-0.3, -0.25) is 14.0 Å². The number of fused-ring (bicyclic) bond motifs is 1. The minimum Gasteiger partial charge on any atom is -0.352 e. The second-order valence-electron chi connectivity index (χ2n) is 6.95. The van der Waals surface area contributed by atoms with Crippen molar-refractivity contribution in [3.8, 4) is 0 Å². The van der Waals surface area contributed by atoms with Crippen molar-refractivity contribution in [1.82, 2.24) is 14.7 Å². The fourth-order valence-corrected chi connectivity index (χ4v) is 4.09. The molecule has 0 saturated heterocycles. The van der Waals surface area contributed by atoms with E-state index in [1.54, 1.807) is 16.7 Å². The molecule has 1 amide bonds. The van der Waals surface area contributed by atoms with Crippen LogP contribution in [0, 0.1) is 12.8 Å². The van der Waals surface area contributed by atoms with Crippen LogP contribution in [0.15, 0.2) is 29.2 Å². The molecule has 1 aliphatic rings. The zero-order valence-corrected chi connectivity index (χ0v) is 15.6. The summed E-state index contributed by atoms with van der Waals surface area (Å²) in [7, 11) is 0. The molecule has 134 valence electrons. The van der Waals surface area contributed by atoms with E-state index in [1.165, 1.54) is 31.0 Å². The maximum atomic E-state index is 12.2. The number of carbonyl (C=O) groups excluding carboxylic acids is 1. The highest BCUT2D eigenvalue weighted by Gasteiger charge is 2.22. The van der Waals surface area contributed by atoms with Crippen LogP contribution in [-0.2, 0) is 10.5 Å². The summed E-state index contributed by atoms with van der Waals surface area (Å²) >= 11 is 1.50. The molecule has 0 spiro atoms. The van der Waals surface area contributed by atoms with Gasteiger partial charge in [-0.2, -0.15) is 0 Å². The monoisotopic (exact) mass is 359 g/mol. The third-order valence-electron chi connectivity index (χ3n) is 4.80. The predicted octanol–water partition coefficient (Wildman–Crippen LogP) is 2.93. The van der Waals surface area contributed by atoms with Crippen molar-refractivity contribution >= 4 is 23.3 Å². The van der Waals surface area contributed by atoms with E-state index in [9.17, 15) is 9.59 Å². The number of pyridine rings is 1. The molecule has 2 aromatic heterocycles. The van der Waals surface area contributed by atoms with Crippen molar-refractivity contribution in [3.63, 3.8) is 0 Å². The minimum atomic E-state index is -0.0789. The van der Waals surface area contributed by atoms with E-state index < -0.39 is 0 Å². The normalized spacial score (nSPS) is 20.6. The largest absolute Gasteiger partial charge is 0.352 e. The molecular formula is C19H25N3O2S. The zero-order valence-electron chi connectivity index (χ0n) is 14.8. The zero-order chi connectivity index (χ0) is 17.8. The summed E-state index contributed by atoms with van der Waals surface area (Å²) in [6.45, 7) is 4.16. The number of carbonyl (C=O) groups is 1. The van der Waals surface area contributed by atoms with Crippen LogP contribution in [0.5, 0.6) is 0 Å². The first-order valence-corrected chi connectivity index (χ1v) is 10.0. The Labute approximate surface area is 152 Å². The number of amides is 1. The summed E-state index contributed by atoms with van der Waals surface area (Å²) in [6.07, 6.45) is 6.54. The van der Waals surface area contributed by atoms with E-state index in [0.717, 1.165) is 17.7 Å². The number of nitrogens with one attached hydrogen (secondary N) is 1. The maximum absolute atomic E-state index is 12.2. The van der Waals surface area contributed by atoms with Gasteiger partial charge in [0.05, 0.1) is 11.4 Å². The van der Waals surface area contributed by atoms with Gasteiger partial charge in [-0.05, 0) is 37.3 Å². The Bertz CT molecular complexity index is 818. The van der Waals surface area contributed by atoms with Gasteiger partial charge in [-0.25, -0.2) is 4.98 Å². The van der Waals surface area contributed by atoms with Crippen LogP contribution in [0.25, 0.3) is 5.65 Å². The van der Waals surface area contributed by atoms with Crippen LogP contribution in [-0.4, -0.2) is 27.1 Å². The third-order valence-corrected chi connectivity index (χ3v) is 5.77. The van der Waals surface area contributed by atoms with Crippen LogP contribution >= 0.6 is 11.8 Å². The Balaban J connectivity index is 1.55. The van der Waals surface area contributed by atoms with Gasteiger partial charge in [0.15, 0.2) is 0 Å². The Kier molecular flexibility index (Phi) is 5.78. The SMILES string of the molecule is Cc1ccc2nc(CSCC(=O)N[C@@H]3CCCC[C@H]3C)cc(=O)n2c1. The summed E-state index contributed by atoms with van der Waals surface area (Å²) in [6, 6.07) is 5.66. The lowest BCUT2D eigenvalue weighted by molar-refractivity contribution is -0.119. The number of hydrogen-bond donors (Lipinski definition) is 1. The van der Waals surface area contributed by atoms with Crippen LogP contribution < -0.4 is 10.9 Å². The number of aryl methyl sites for hydroxylation is 1. The van der Waals surface area contributed by atoms with Gasteiger partial charge in [0.2, 0.25) is 5.91 Å². The van der Waals surface area contributed by atoms with Gasteiger partial charge in [0, 0.05) is 24.1 Å². The van der Waals surface area contributed by atoms with E-state index in [-0.39, 0.29) is 11.5 Å². The lowest BCUT2D eigenvalue weighted by Crippen LogP contribution is -2.41. The van der Waals surface area contributed by atoms with Gasteiger partial charge < -0.3 is 5.32 Å². The molecule has 25 heavy (non-hydrogen) atoms.